The van der Waals surface area contributed by atoms with Crippen molar-refractivity contribution in [1.82, 2.24) is 0 Å². The first-order chi connectivity index (χ1) is 45.8. The van der Waals surface area contributed by atoms with Gasteiger partial charge in [-0.1, -0.05) is 389 Å². The molecule has 10 heteroatoms. The third kappa shape index (κ3) is 78.3. The van der Waals surface area contributed by atoms with Crippen LogP contribution in [0.4, 0.5) is 0 Å². The number of ether oxygens (including phenoxy) is 2. The highest BCUT2D eigenvalue weighted by Gasteiger charge is 2.26. The van der Waals surface area contributed by atoms with Gasteiger partial charge in [-0.05, 0) is 83.5 Å². The van der Waals surface area contributed by atoms with E-state index >= 15 is 0 Å². The molecule has 0 heterocycles. The van der Waals surface area contributed by atoms with Crippen LogP contribution in [-0.4, -0.2) is 49.3 Å². The molecule has 0 radical (unpaired) electrons. The van der Waals surface area contributed by atoms with Crippen molar-refractivity contribution >= 4 is 19.8 Å². The molecule has 0 aliphatic heterocycles. The van der Waals surface area contributed by atoms with Crippen molar-refractivity contribution in [2.45, 2.75) is 418 Å². The van der Waals surface area contributed by atoms with Gasteiger partial charge in [0.25, 0.3) is 0 Å². The number of hydrogen-bond donors (Lipinski definition) is 2. The van der Waals surface area contributed by atoms with E-state index in [9.17, 15) is 19.0 Å². The van der Waals surface area contributed by atoms with Gasteiger partial charge in [0.2, 0.25) is 0 Å². The fourth-order valence-corrected chi connectivity index (χ4v) is 12.9. The van der Waals surface area contributed by atoms with Crippen LogP contribution in [0.15, 0.2) is 72.9 Å². The maximum Gasteiger partial charge on any atom is 0.472 e. The van der Waals surface area contributed by atoms with Crippen molar-refractivity contribution in [3.05, 3.63) is 72.9 Å². The fourth-order valence-electron chi connectivity index (χ4n) is 12.1. The van der Waals surface area contributed by atoms with Gasteiger partial charge < -0.3 is 20.1 Å². The second-order valence-corrected chi connectivity index (χ2v) is 28.7. The summed E-state index contributed by atoms with van der Waals surface area (Å²) in [6, 6.07) is 0. The highest BCUT2D eigenvalue weighted by Crippen LogP contribution is 2.43. The molecule has 0 aliphatic rings. The van der Waals surface area contributed by atoms with Crippen molar-refractivity contribution in [3.8, 4) is 0 Å². The van der Waals surface area contributed by atoms with Gasteiger partial charge in [0, 0.05) is 19.4 Å². The average Bonchev–Trinajstić information content (AvgIpc) is 3.70. The summed E-state index contributed by atoms with van der Waals surface area (Å²) in [5.74, 6) is -0.809. The maximum atomic E-state index is 12.8. The van der Waals surface area contributed by atoms with Crippen LogP contribution in [0.1, 0.15) is 412 Å². The first kappa shape index (κ1) is 90.5. The van der Waals surface area contributed by atoms with Gasteiger partial charge in [-0.15, -0.1) is 0 Å². The van der Waals surface area contributed by atoms with Crippen LogP contribution in [-0.2, 0) is 32.7 Å². The number of nitrogens with two attached hydrogens (primary N) is 1. The summed E-state index contributed by atoms with van der Waals surface area (Å²) in [5.41, 5.74) is 5.41. The standard InChI is InChI=1S/C83H154NO8P/c1-3-5-7-9-11-13-15-17-19-21-23-25-27-29-31-33-35-36-37-38-39-40-41-42-43-44-46-47-49-51-53-55-57-59-61-63-65-67-69-71-73-75-82(85)89-79-81(80-91-93(87,88)90-78-77-84)92-83(86)76-74-72-70-68-66-64-62-60-58-56-54-52-50-48-45-34-32-30-28-26-24-22-20-18-16-14-12-10-8-6-4-2/h6,8,12,14,18,20-21,23-24,26,30,32,81H,3-5,7,9-11,13,15-17,19,22,25,27-29,31,33-80,84H2,1-2H3,(H,87,88)/b8-6-,14-12-,20-18-,23-21-,26-24-,32-30-. The lowest BCUT2D eigenvalue weighted by Crippen LogP contribution is -2.29. The van der Waals surface area contributed by atoms with Crippen LogP contribution in [0.5, 0.6) is 0 Å². The molecule has 0 spiro atoms. The van der Waals surface area contributed by atoms with E-state index in [2.05, 4.69) is 86.8 Å². The van der Waals surface area contributed by atoms with E-state index in [-0.39, 0.29) is 38.6 Å². The summed E-state index contributed by atoms with van der Waals surface area (Å²) in [5, 5.41) is 0. The fraction of sp³-hybridized carbons (Fsp3) is 0.831. The number of phosphoric acid groups is 1. The molecule has 0 bridgehead atoms. The SMILES string of the molecule is CC/C=C\C/C=C\C/C=C\C/C=C\C/C=C\CCCCCCCCCCCCCCCCCC(=O)OC(COC(=O)CCCCCCCCCCCCCCCCCCCCCCCCCCCCCCC/C=C\CCCCCCCCCC)COP(=O)(O)OCCN. The van der Waals surface area contributed by atoms with Gasteiger partial charge in [-0.3, -0.25) is 18.6 Å². The van der Waals surface area contributed by atoms with Gasteiger partial charge in [-0.2, -0.15) is 0 Å². The zero-order chi connectivity index (χ0) is 67.2. The summed E-state index contributed by atoms with van der Waals surface area (Å²) in [6.45, 7) is 3.70. The van der Waals surface area contributed by atoms with Crippen molar-refractivity contribution in [3.63, 3.8) is 0 Å². The van der Waals surface area contributed by atoms with E-state index in [1.165, 1.54) is 308 Å². The molecule has 0 rings (SSSR count). The Kier molecular flexibility index (Phi) is 76.3. The van der Waals surface area contributed by atoms with Crippen molar-refractivity contribution in [1.29, 1.82) is 0 Å². The summed E-state index contributed by atoms with van der Waals surface area (Å²) < 4.78 is 33.3. The summed E-state index contributed by atoms with van der Waals surface area (Å²) in [4.78, 5) is 35.5. The van der Waals surface area contributed by atoms with E-state index in [1.54, 1.807) is 0 Å². The number of hydrogen-bond acceptors (Lipinski definition) is 8. The van der Waals surface area contributed by atoms with E-state index in [0.717, 1.165) is 70.6 Å². The van der Waals surface area contributed by atoms with Gasteiger partial charge in [0.1, 0.15) is 6.61 Å². The molecule has 0 fully saturated rings. The Bertz CT molecular complexity index is 1760. The van der Waals surface area contributed by atoms with Gasteiger partial charge in [0.15, 0.2) is 6.10 Å². The van der Waals surface area contributed by atoms with Crippen molar-refractivity contribution < 1.29 is 37.6 Å². The molecule has 0 aromatic heterocycles. The minimum Gasteiger partial charge on any atom is -0.462 e. The summed E-state index contributed by atoms with van der Waals surface area (Å²) in [6.07, 6.45) is 105. The molecule has 0 aliphatic carbocycles. The Balaban J connectivity index is 3.74. The predicted octanol–water partition coefficient (Wildman–Crippen LogP) is 27.1. The van der Waals surface area contributed by atoms with E-state index < -0.39 is 26.5 Å². The van der Waals surface area contributed by atoms with E-state index in [1.807, 2.05) is 0 Å². The molecule has 3 N–H and O–H groups in total. The molecule has 2 unspecified atom stereocenters. The van der Waals surface area contributed by atoms with E-state index in [4.69, 9.17) is 24.3 Å². The lowest BCUT2D eigenvalue weighted by molar-refractivity contribution is -0.161. The molecule has 2 atom stereocenters. The topological polar surface area (TPSA) is 134 Å². The van der Waals surface area contributed by atoms with Crippen molar-refractivity contribution in [2.75, 3.05) is 26.4 Å². The minimum atomic E-state index is -4.40. The lowest BCUT2D eigenvalue weighted by Gasteiger charge is -2.19. The molecule has 0 aromatic rings. The number of carbonyl (C=O) groups is 2. The summed E-state index contributed by atoms with van der Waals surface area (Å²) >= 11 is 0. The molecule has 544 valence electrons. The second kappa shape index (κ2) is 78.4. The molecule has 0 saturated heterocycles. The first-order valence-corrected chi connectivity index (χ1v) is 41.9. The number of allylic oxidation sites excluding steroid dienone is 12. The largest absolute Gasteiger partial charge is 0.472 e. The number of rotatable bonds is 77. The second-order valence-electron chi connectivity index (χ2n) is 27.3. The van der Waals surface area contributed by atoms with Crippen LogP contribution < -0.4 is 5.73 Å². The van der Waals surface area contributed by atoms with Crippen LogP contribution in [0, 0.1) is 0 Å². The van der Waals surface area contributed by atoms with Gasteiger partial charge in [0.05, 0.1) is 13.2 Å². The quantitative estimate of drug-likeness (QED) is 0.0264. The third-order valence-corrected chi connectivity index (χ3v) is 19.1. The van der Waals surface area contributed by atoms with Crippen LogP contribution >= 0.6 is 7.82 Å². The molecule has 93 heavy (non-hydrogen) atoms. The lowest BCUT2D eigenvalue weighted by atomic mass is 10.0. The summed E-state index contributed by atoms with van der Waals surface area (Å²) in [7, 11) is -4.40. The number of carbonyl (C=O) groups excluding carboxylic acids is 2. The molecular formula is C83H154NO8P. The Morgan fingerprint density at radius 3 is 0.892 bits per heavy atom. The zero-order valence-corrected chi connectivity index (χ0v) is 62.4. The smallest absolute Gasteiger partial charge is 0.462 e. The number of unbranched alkanes of at least 4 members (excludes halogenated alkanes) is 52. The predicted molar refractivity (Wildman–Crippen MR) is 404 cm³/mol. The molecular weight excluding hydrogens is 1170 g/mol. The normalized spacial score (nSPS) is 13.2. The van der Waals surface area contributed by atoms with Gasteiger partial charge >= 0.3 is 19.8 Å². The monoisotopic (exact) mass is 1320 g/mol. The van der Waals surface area contributed by atoms with Crippen LogP contribution in [0.25, 0.3) is 0 Å². The molecule has 0 aromatic carbocycles. The first-order valence-electron chi connectivity index (χ1n) is 40.4. The molecule has 0 saturated carbocycles. The van der Waals surface area contributed by atoms with E-state index in [0.29, 0.717) is 6.42 Å². The minimum absolute atomic E-state index is 0.0538. The zero-order valence-electron chi connectivity index (χ0n) is 61.5. The Morgan fingerprint density at radius 1 is 0.333 bits per heavy atom. The highest BCUT2D eigenvalue weighted by molar-refractivity contribution is 7.47. The Morgan fingerprint density at radius 2 is 0.591 bits per heavy atom. The Labute approximate surface area is 577 Å². The number of esters is 2. The maximum absolute atomic E-state index is 12.8. The third-order valence-electron chi connectivity index (χ3n) is 18.1. The number of phosphoric ester groups is 1. The van der Waals surface area contributed by atoms with Gasteiger partial charge in [-0.25, -0.2) is 4.57 Å². The molecule has 9 nitrogen and oxygen atoms in total. The molecule has 0 amide bonds. The average molecular weight is 1330 g/mol. The Hall–Kier alpha value is -2.55. The van der Waals surface area contributed by atoms with Crippen LogP contribution in [0.3, 0.4) is 0 Å². The van der Waals surface area contributed by atoms with Crippen molar-refractivity contribution in [2.24, 2.45) is 5.73 Å². The van der Waals surface area contributed by atoms with Crippen LogP contribution in [0.2, 0.25) is 0 Å². The highest BCUT2D eigenvalue weighted by atomic mass is 31.2.